The molecule has 0 bridgehead atoms. The van der Waals surface area contributed by atoms with E-state index in [-0.39, 0.29) is 6.61 Å². The Morgan fingerprint density at radius 1 is 1.29 bits per heavy atom. The summed E-state index contributed by atoms with van der Waals surface area (Å²) in [5.74, 6) is 0.821. The zero-order valence-electron chi connectivity index (χ0n) is 9.58. The van der Waals surface area contributed by atoms with E-state index in [1.54, 1.807) is 23.9 Å². The van der Waals surface area contributed by atoms with Crippen molar-refractivity contribution in [2.75, 3.05) is 13.7 Å². The molecule has 1 aromatic carbocycles. The highest BCUT2D eigenvalue weighted by Crippen LogP contribution is 2.14. The van der Waals surface area contributed by atoms with E-state index in [1.165, 1.54) is 0 Å². The molecule has 0 spiro atoms. The van der Waals surface area contributed by atoms with Crippen molar-refractivity contribution in [3.05, 3.63) is 48.3 Å². The van der Waals surface area contributed by atoms with Crippen LogP contribution in [0.15, 0.2) is 42.6 Å². The van der Waals surface area contributed by atoms with Crippen LogP contribution in [0.5, 0.6) is 5.75 Å². The van der Waals surface area contributed by atoms with E-state index in [9.17, 15) is 0 Å². The minimum Gasteiger partial charge on any atom is -0.497 e. The Balaban J connectivity index is 2.21. The summed E-state index contributed by atoms with van der Waals surface area (Å²) < 4.78 is 6.87. The number of rotatable bonds is 4. The minimum absolute atomic E-state index is 0.0232. The van der Waals surface area contributed by atoms with Gasteiger partial charge in [0.1, 0.15) is 5.75 Å². The van der Waals surface area contributed by atoms with Crippen LogP contribution < -0.4 is 4.74 Å². The van der Waals surface area contributed by atoms with Gasteiger partial charge in [-0.25, -0.2) is 4.68 Å². The van der Waals surface area contributed by atoms with E-state index in [0.717, 1.165) is 17.1 Å². The van der Waals surface area contributed by atoms with Crippen LogP contribution in [0.2, 0.25) is 0 Å². The molecule has 2 rings (SSSR count). The summed E-state index contributed by atoms with van der Waals surface area (Å²) in [6, 6.07) is 9.54. The summed E-state index contributed by atoms with van der Waals surface area (Å²) in [4.78, 5) is 0. The molecule has 0 unspecified atom stereocenters. The summed E-state index contributed by atoms with van der Waals surface area (Å²) in [6.45, 7) is 0.0232. The van der Waals surface area contributed by atoms with Crippen molar-refractivity contribution < 1.29 is 9.84 Å². The second-order valence-corrected chi connectivity index (χ2v) is 3.47. The molecule has 0 aliphatic carbocycles. The fourth-order valence-corrected chi connectivity index (χ4v) is 1.48. The van der Waals surface area contributed by atoms with E-state index in [4.69, 9.17) is 9.84 Å². The first-order valence-corrected chi connectivity index (χ1v) is 5.31. The van der Waals surface area contributed by atoms with Gasteiger partial charge in [-0.2, -0.15) is 5.10 Å². The lowest BCUT2D eigenvalue weighted by Gasteiger charge is -2.02. The predicted octanol–water partition coefficient (Wildman–Crippen LogP) is 1.89. The summed E-state index contributed by atoms with van der Waals surface area (Å²) in [5, 5.41) is 13.0. The summed E-state index contributed by atoms with van der Waals surface area (Å²) in [6.07, 6.45) is 5.31. The highest BCUT2D eigenvalue weighted by molar-refractivity contribution is 5.45. The molecule has 1 heterocycles. The Bertz CT molecular complexity index is 500. The standard InChI is InChI=1S/C13H14N2O2/c1-17-13-6-4-12(5-7-13)15-9-8-11(14-15)3-2-10-16/h2-9,16H,10H2,1H3/b3-2+. The van der Waals surface area contributed by atoms with Crippen LogP contribution in [0.4, 0.5) is 0 Å². The van der Waals surface area contributed by atoms with Gasteiger partial charge in [0.15, 0.2) is 0 Å². The molecule has 0 fully saturated rings. The second-order valence-electron chi connectivity index (χ2n) is 3.47. The SMILES string of the molecule is COc1ccc(-n2ccc(/C=C/CO)n2)cc1. The van der Waals surface area contributed by atoms with Gasteiger partial charge in [-0.05, 0) is 36.4 Å². The van der Waals surface area contributed by atoms with E-state index < -0.39 is 0 Å². The third kappa shape index (κ3) is 2.73. The van der Waals surface area contributed by atoms with Crippen LogP contribution >= 0.6 is 0 Å². The fraction of sp³-hybridized carbons (Fsp3) is 0.154. The van der Waals surface area contributed by atoms with Gasteiger partial charge in [0.25, 0.3) is 0 Å². The van der Waals surface area contributed by atoms with Gasteiger partial charge in [0.05, 0.1) is 25.1 Å². The highest BCUT2D eigenvalue weighted by Gasteiger charge is 1.99. The first-order chi connectivity index (χ1) is 8.33. The van der Waals surface area contributed by atoms with Crippen LogP contribution in [-0.2, 0) is 0 Å². The second kappa shape index (κ2) is 5.32. The molecule has 4 heteroatoms. The van der Waals surface area contributed by atoms with Crippen molar-refractivity contribution in [2.24, 2.45) is 0 Å². The molecule has 1 aromatic heterocycles. The molecule has 0 saturated heterocycles. The Labute approximate surface area is 99.8 Å². The Hall–Kier alpha value is -2.07. The van der Waals surface area contributed by atoms with Crippen molar-refractivity contribution >= 4 is 6.08 Å². The average molecular weight is 230 g/mol. The molecule has 0 aliphatic heterocycles. The molecule has 0 amide bonds. The third-order valence-corrected chi connectivity index (χ3v) is 2.34. The van der Waals surface area contributed by atoms with Crippen LogP contribution in [0, 0.1) is 0 Å². The van der Waals surface area contributed by atoms with Gasteiger partial charge in [-0.15, -0.1) is 0 Å². The minimum atomic E-state index is 0.0232. The summed E-state index contributed by atoms with van der Waals surface area (Å²) >= 11 is 0. The normalized spacial score (nSPS) is 10.9. The fourth-order valence-electron chi connectivity index (χ4n) is 1.48. The quantitative estimate of drug-likeness (QED) is 0.872. The largest absolute Gasteiger partial charge is 0.497 e. The number of hydrogen-bond donors (Lipinski definition) is 1. The Kier molecular flexibility index (Phi) is 3.57. The maximum Gasteiger partial charge on any atom is 0.119 e. The van der Waals surface area contributed by atoms with Crippen LogP contribution in [-0.4, -0.2) is 28.6 Å². The summed E-state index contributed by atoms with van der Waals surface area (Å²) in [7, 11) is 1.64. The van der Waals surface area contributed by atoms with Crippen molar-refractivity contribution in [3.63, 3.8) is 0 Å². The Morgan fingerprint density at radius 3 is 2.71 bits per heavy atom. The number of nitrogens with zero attached hydrogens (tertiary/aromatic N) is 2. The molecular weight excluding hydrogens is 216 g/mol. The molecule has 0 radical (unpaired) electrons. The molecule has 0 saturated carbocycles. The lowest BCUT2D eigenvalue weighted by molar-refractivity contribution is 0.343. The van der Waals surface area contributed by atoms with Gasteiger partial charge in [-0.3, -0.25) is 0 Å². The molecule has 1 N–H and O–H groups in total. The number of aromatic nitrogens is 2. The maximum atomic E-state index is 8.67. The van der Waals surface area contributed by atoms with Crippen LogP contribution in [0.1, 0.15) is 5.69 Å². The first kappa shape index (κ1) is 11.4. The first-order valence-electron chi connectivity index (χ1n) is 5.31. The van der Waals surface area contributed by atoms with Gasteiger partial charge in [0.2, 0.25) is 0 Å². The van der Waals surface area contributed by atoms with E-state index in [2.05, 4.69) is 5.10 Å². The van der Waals surface area contributed by atoms with E-state index in [1.807, 2.05) is 36.5 Å². The Morgan fingerprint density at radius 2 is 2.06 bits per heavy atom. The van der Waals surface area contributed by atoms with Gasteiger partial charge in [0, 0.05) is 6.20 Å². The smallest absolute Gasteiger partial charge is 0.119 e. The number of aliphatic hydroxyl groups is 1. The molecular formula is C13H14N2O2. The molecule has 0 aliphatic rings. The van der Waals surface area contributed by atoms with Gasteiger partial charge >= 0.3 is 0 Å². The molecule has 2 aromatic rings. The highest BCUT2D eigenvalue weighted by atomic mass is 16.5. The molecule has 88 valence electrons. The monoisotopic (exact) mass is 230 g/mol. The molecule has 17 heavy (non-hydrogen) atoms. The molecule has 0 atom stereocenters. The molecule has 4 nitrogen and oxygen atoms in total. The lowest BCUT2D eigenvalue weighted by Crippen LogP contribution is -1.94. The van der Waals surface area contributed by atoms with E-state index in [0.29, 0.717) is 0 Å². The zero-order valence-corrected chi connectivity index (χ0v) is 9.58. The van der Waals surface area contributed by atoms with Gasteiger partial charge in [-0.1, -0.05) is 6.08 Å². The lowest BCUT2D eigenvalue weighted by atomic mass is 10.3. The number of methoxy groups -OCH3 is 1. The predicted molar refractivity (Wildman–Crippen MR) is 66.2 cm³/mol. The van der Waals surface area contributed by atoms with Crippen molar-refractivity contribution in [1.82, 2.24) is 9.78 Å². The van der Waals surface area contributed by atoms with E-state index >= 15 is 0 Å². The number of aliphatic hydroxyl groups excluding tert-OH is 1. The number of hydrogen-bond acceptors (Lipinski definition) is 3. The van der Waals surface area contributed by atoms with Crippen LogP contribution in [0.25, 0.3) is 11.8 Å². The summed E-state index contributed by atoms with van der Waals surface area (Å²) in [5.41, 5.74) is 1.78. The third-order valence-electron chi connectivity index (χ3n) is 2.34. The maximum absolute atomic E-state index is 8.67. The number of benzene rings is 1. The number of ether oxygens (including phenoxy) is 1. The van der Waals surface area contributed by atoms with Gasteiger partial charge < -0.3 is 9.84 Å². The average Bonchev–Trinajstić information content (AvgIpc) is 2.85. The van der Waals surface area contributed by atoms with Crippen molar-refractivity contribution in [2.45, 2.75) is 0 Å². The topological polar surface area (TPSA) is 47.3 Å². The zero-order chi connectivity index (χ0) is 12.1. The van der Waals surface area contributed by atoms with Crippen molar-refractivity contribution in [3.8, 4) is 11.4 Å². The van der Waals surface area contributed by atoms with Crippen molar-refractivity contribution in [1.29, 1.82) is 0 Å². The van der Waals surface area contributed by atoms with Crippen LogP contribution in [0.3, 0.4) is 0 Å².